The van der Waals surface area contributed by atoms with E-state index in [2.05, 4.69) is 10.1 Å². The fourth-order valence-electron chi connectivity index (χ4n) is 1.17. The highest BCUT2D eigenvalue weighted by atomic mass is 15.3. The van der Waals surface area contributed by atoms with E-state index in [0.717, 1.165) is 11.3 Å². The molecule has 2 heterocycles. The van der Waals surface area contributed by atoms with E-state index in [-0.39, 0.29) is 0 Å². The lowest BCUT2D eigenvalue weighted by atomic mass is 10.4. The molecule has 0 aromatic carbocycles. The number of rotatable bonds is 1. The van der Waals surface area contributed by atoms with Gasteiger partial charge in [-0.1, -0.05) is 6.07 Å². The minimum Gasteiger partial charge on any atom is -0.324 e. The molecule has 0 saturated carbocycles. The molecule has 2 N–H and O–H groups in total. The van der Waals surface area contributed by atoms with Crippen molar-refractivity contribution in [2.75, 3.05) is 0 Å². The highest BCUT2D eigenvalue weighted by molar-refractivity contribution is 5.38. The molecule has 4 heteroatoms. The van der Waals surface area contributed by atoms with Gasteiger partial charge in [0.2, 0.25) is 0 Å². The maximum atomic E-state index is 5.43. The van der Waals surface area contributed by atoms with Gasteiger partial charge in [-0.2, -0.15) is 0 Å². The minimum atomic E-state index is 0.390. The van der Waals surface area contributed by atoms with Crippen LogP contribution in [0.2, 0.25) is 0 Å². The zero-order valence-corrected chi connectivity index (χ0v) is 6.86. The van der Waals surface area contributed by atoms with Gasteiger partial charge in [0.25, 0.3) is 0 Å². The molecule has 0 amide bonds. The van der Waals surface area contributed by atoms with Gasteiger partial charge in [-0.3, -0.25) is 0 Å². The molecule has 2 aromatic heterocycles. The van der Waals surface area contributed by atoms with Crippen LogP contribution in [0.1, 0.15) is 11.5 Å². The van der Waals surface area contributed by atoms with E-state index in [1.165, 1.54) is 0 Å². The average molecular weight is 162 g/mol. The number of hydrogen-bond acceptors (Lipinski definition) is 3. The third-order valence-corrected chi connectivity index (χ3v) is 1.78. The number of nitrogens with zero attached hydrogens (tertiary/aromatic N) is 3. The Kier molecular flexibility index (Phi) is 1.55. The van der Waals surface area contributed by atoms with E-state index in [4.69, 9.17) is 5.73 Å². The number of nitrogens with two attached hydrogens (primary N) is 1. The maximum absolute atomic E-state index is 5.43. The van der Waals surface area contributed by atoms with Crippen molar-refractivity contribution in [3.8, 4) is 0 Å². The molecular weight excluding hydrogens is 152 g/mol. The highest BCUT2D eigenvalue weighted by Gasteiger charge is 2.01. The van der Waals surface area contributed by atoms with Crippen molar-refractivity contribution in [3.05, 3.63) is 29.7 Å². The van der Waals surface area contributed by atoms with Crippen LogP contribution in [0.4, 0.5) is 0 Å². The summed E-state index contributed by atoms with van der Waals surface area (Å²) < 4.78 is 1.79. The largest absolute Gasteiger partial charge is 0.324 e. The van der Waals surface area contributed by atoms with Crippen LogP contribution in [-0.4, -0.2) is 14.6 Å². The molecule has 0 spiro atoms. The number of aromatic nitrogens is 3. The predicted molar refractivity (Wildman–Crippen MR) is 45.6 cm³/mol. The zero-order chi connectivity index (χ0) is 8.55. The molecule has 2 aromatic rings. The SMILES string of the molecule is Cc1cccc2nc(CN)nn12. The predicted octanol–water partition coefficient (Wildman–Crippen LogP) is 0.496. The van der Waals surface area contributed by atoms with Crippen LogP contribution in [0.3, 0.4) is 0 Å². The summed E-state index contributed by atoms with van der Waals surface area (Å²) in [5.74, 6) is 0.685. The second-order valence-corrected chi connectivity index (χ2v) is 2.67. The monoisotopic (exact) mass is 162 g/mol. The zero-order valence-electron chi connectivity index (χ0n) is 6.86. The first kappa shape index (κ1) is 7.24. The number of aryl methyl sites for hydroxylation is 1. The van der Waals surface area contributed by atoms with Gasteiger partial charge in [-0.15, -0.1) is 5.10 Å². The second kappa shape index (κ2) is 2.57. The lowest BCUT2D eigenvalue weighted by Gasteiger charge is -1.93. The first-order valence-corrected chi connectivity index (χ1v) is 3.82. The van der Waals surface area contributed by atoms with Crippen LogP contribution in [0, 0.1) is 6.92 Å². The smallest absolute Gasteiger partial charge is 0.165 e. The Morgan fingerprint density at radius 3 is 3.00 bits per heavy atom. The van der Waals surface area contributed by atoms with Gasteiger partial charge in [0.05, 0.1) is 6.54 Å². The molecule has 2 rings (SSSR count). The van der Waals surface area contributed by atoms with Crippen LogP contribution in [0.5, 0.6) is 0 Å². The normalized spacial score (nSPS) is 10.8. The van der Waals surface area contributed by atoms with E-state index >= 15 is 0 Å². The molecule has 0 saturated heterocycles. The number of hydrogen-bond donors (Lipinski definition) is 1. The summed E-state index contributed by atoms with van der Waals surface area (Å²) in [4.78, 5) is 4.22. The Hall–Kier alpha value is -1.42. The molecule has 4 nitrogen and oxygen atoms in total. The summed E-state index contributed by atoms with van der Waals surface area (Å²) in [6, 6.07) is 5.86. The molecule has 0 bridgehead atoms. The average Bonchev–Trinajstić information content (AvgIpc) is 2.49. The van der Waals surface area contributed by atoms with Gasteiger partial charge in [0.15, 0.2) is 11.5 Å². The van der Waals surface area contributed by atoms with Crippen LogP contribution in [0.25, 0.3) is 5.65 Å². The van der Waals surface area contributed by atoms with Crippen molar-refractivity contribution in [3.63, 3.8) is 0 Å². The second-order valence-electron chi connectivity index (χ2n) is 2.67. The molecule has 0 fully saturated rings. The van der Waals surface area contributed by atoms with Crippen LogP contribution in [-0.2, 0) is 6.54 Å². The number of pyridine rings is 1. The van der Waals surface area contributed by atoms with E-state index in [9.17, 15) is 0 Å². The third kappa shape index (κ3) is 0.967. The van der Waals surface area contributed by atoms with E-state index in [0.29, 0.717) is 12.4 Å². The van der Waals surface area contributed by atoms with Crippen molar-refractivity contribution >= 4 is 5.65 Å². The first-order valence-electron chi connectivity index (χ1n) is 3.82. The van der Waals surface area contributed by atoms with E-state index in [1.54, 1.807) is 4.52 Å². The molecule has 0 atom stereocenters. The van der Waals surface area contributed by atoms with E-state index < -0.39 is 0 Å². The van der Waals surface area contributed by atoms with Gasteiger partial charge in [-0.25, -0.2) is 9.50 Å². The minimum absolute atomic E-state index is 0.390. The fraction of sp³-hybridized carbons (Fsp3) is 0.250. The van der Waals surface area contributed by atoms with Gasteiger partial charge in [-0.05, 0) is 19.1 Å². The van der Waals surface area contributed by atoms with Crippen LogP contribution < -0.4 is 5.73 Å². The Morgan fingerprint density at radius 1 is 1.50 bits per heavy atom. The molecular formula is C8H10N4. The Balaban J connectivity index is 2.74. The summed E-state index contributed by atoms with van der Waals surface area (Å²) in [6.07, 6.45) is 0. The quantitative estimate of drug-likeness (QED) is 0.664. The van der Waals surface area contributed by atoms with Crippen molar-refractivity contribution in [2.24, 2.45) is 5.73 Å². The molecule has 62 valence electrons. The van der Waals surface area contributed by atoms with Crippen LogP contribution >= 0.6 is 0 Å². The molecule has 0 aliphatic carbocycles. The fourth-order valence-corrected chi connectivity index (χ4v) is 1.17. The van der Waals surface area contributed by atoms with Crippen molar-refractivity contribution < 1.29 is 0 Å². The van der Waals surface area contributed by atoms with Gasteiger partial charge in [0, 0.05) is 5.69 Å². The van der Waals surface area contributed by atoms with Crippen LogP contribution in [0.15, 0.2) is 18.2 Å². The summed E-state index contributed by atoms with van der Waals surface area (Å²) in [6.45, 7) is 2.38. The Morgan fingerprint density at radius 2 is 2.33 bits per heavy atom. The van der Waals surface area contributed by atoms with Gasteiger partial charge >= 0.3 is 0 Å². The summed E-state index contributed by atoms with van der Waals surface area (Å²) in [7, 11) is 0. The van der Waals surface area contributed by atoms with Crippen molar-refractivity contribution in [1.82, 2.24) is 14.6 Å². The lowest BCUT2D eigenvalue weighted by molar-refractivity contribution is 0.848. The van der Waals surface area contributed by atoms with Crippen molar-refractivity contribution in [1.29, 1.82) is 0 Å². The van der Waals surface area contributed by atoms with Gasteiger partial charge < -0.3 is 5.73 Å². The van der Waals surface area contributed by atoms with Gasteiger partial charge in [0.1, 0.15) is 0 Å². The Labute approximate surface area is 70.0 Å². The highest BCUT2D eigenvalue weighted by Crippen LogP contribution is 2.03. The maximum Gasteiger partial charge on any atom is 0.165 e. The standard InChI is InChI=1S/C8H10N4/c1-6-3-2-4-8-10-7(5-9)11-12(6)8/h2-4H,5,9H2,1H3. The molecule has 0 unspecified atom stereocenters. The molecule has 0 radical (unpaired) electrons. The third-order valence-electron chi connectivity index (χ3n) is 1.78. The molecule has 0 aliphatic heterocycles. The van der Waals surface area contributed by atoms with Crippen molar-refractivity contribution in [2.45, 2.75) is 13.5 Å². The summed E-state index contributed by atoms with van der Waals surface area (Å²) >= 11 is 0. The summed E-state index contributed by atoms with van der Waals surface area (Å²) in [5, 5.41) is 4.21. The number of fused-ring (bicyclic) bond motifs is 1. The molecule has 0 aliphatic rings. The van der Waals surface area contributed by atoms with E-state index in [1.807, 2.05) is 25.1 Å². The first-order chi connectivity index (χ1) is 5.81. The molecule has 12 heavy (non-hydrogen) atoms. The topological polar surface area (TPSA) is 56.2 Å². The Bertz CT molecular complexity index is 404. The summed E-state index contributed by atoms with van der Waals surface area (Å²) in [5.41, 5.74) is 7.35. The lowest BCUT2D eigenvalue weighted by Crippen LogP contribution is -1.99.